The van der Waals surface area contributed by atoms with E-state index in [1.165, 1.54) is 18.2 Å². The number of nitrogens with one attached hydrogen (secondary N) is 1. The van der Waals surface area contributed by atoms with Crippen LogP contribution in [0, 0.1) is 10.1 Å². The van der Waals surface area contributed by atoms with Crippen LogP contribution < -0.4 is 19.5 Å². The van der Waals surface area contributed by atoms with Crippen molar-refractivity contribution in [2.24, 2.45) is 0 Å². The highest BCUT2D eigenvalue weighted by atomic mass is 16.6. The maximum atomic E-state index is 12.2. The molecule has 0 aliphatic carbocycles. The van der Waals surface area contributed by atoms with Crippen molar-refractivity contribution in [3.8, 4) is 17.2 Å². The molecule has 142 valence electrons. The summed E-state index contributed by atoms with van der Waals surface area (Å²) in [4.78, 5) is 22.5. The number of benzene rings is 2. The lowest BCUT2D eigenvalue weighted by molar-refractivity contribution is -0.384. The first kappa shape index (κ1) is 18.5. The summed E-state index contributed by atoms with van der Waals surface area (Å²) in [6.45, 7) is 2.75. The standard InChI is InChI=1S/C19H20N2O6/c1-2-16(13-6-7-17-18(10-13)26-9-8-25-17)20-19(22)12-27-15-5-3-4-14(11-15)21(23)24/h3-7,10-11,16H,2,8-9,12H2,1H3,(H,20,22). The molecular formula is C19H20N2O6. The van der Waals surface area contributed by atoms with Crippen LogP contribution in [0.4, 0.5) is 5.69 Å². The summed E-state index contributed by atoms with van der Waals surface area (Å²) in [5.41, 5.74) is 0.820. The van der Waals surface area contributed by atoms with Gasteiger partial charge in [-0.15, -0.1) is 0 Å². The summed E-state index contributed by atoms with van der Waals surface area (Å²) >= 11 is 0. The van der Waals surface area contributed by atoms with Crippen molar-refractivity contribution in [2.75, 3.05) is 19.8 Å². The Balaban J connectivity index is 1.60. The van der Waals surface area contributed by atoms with E-state index in [1.54, 1.807) is 6.07 Å². The van der Waals surface area contributed by atoms with Gasteiger partial charge in [-0.2, -0.15) is 0 Å². The molecule has 1 aliphatic rings. The van der Waals surface area contributed by atoms with Crippen LogP contribution >= 0.6 is 0 Å². The van der Waals surface area contributed by atoms with Crippen LogP contribution in [-0.2, 0) is 4.79 Å². The summed E-state index contributed by atoms with van der Waals surface area (Å²) in [7, 11) is 0. The molecule has 0 aromatic heterocycles. The first-order valence-corrected chi connectivity index (χ1v) is 8.63. The zero-order valence-corrected chi connectivity index (χ0v) is 14.8. The van der Waals surface area contributed by atoms with Crippen molar-refractivity contribution in [2.45, 2.75) is 19.4 Å². The summed E-state index contributed by atoms with van der Waals surface area (Å²) in [6.07, 6.45) is 0.683. The molecule has 1 atom stereocenters. The molecule has 0 saturated carbocycles. The minimum Gasteiger partial charge on any atom is -0.486 e. The molecular weight excluding hydrogens is 352 g/mol. The summed E-state index contributed by atoms with van der Waals surface area (Å²) < 4.78 is 16.5. The maximum absolute atomic E-state index is 12.2. The molecule has 1 amide bonds. The van der Waals surface area contributed by atoms with Gasteiger partial charge in [0.25, 0.3) is 11.6 Å². The minimum absolute atomic E-state index is 0.0874. The van der Waals surface area contributed by atoms with Gasteiger partial charge in [0.1, 0.15) is 19.0 Å². The molecule has 0 bridgehead atoms. The molecule has 0 saturated heterocycles. The van der Waals surface area contributed by atoms with E-state index in [4.69, 9.17) is 14.2 Å². The third-order valence-electron chi connectivity index (χ3n) is 4.11. The normalized spacial score (nSPS) is 13.5. The van der Waals surface area contributed by atoms with Crippen LogP contribution in [0.1, 0.15) is 24.9 Å². The molecule has 3 rings (SSSR count). The van der Waals surface area contributed by atoms with Crippen LogP contribution in [0.25, 0.3) is 0 Å². The predicted molar refractivity (Wildman–Crippen MR) is 97.2 cm³/mol. The third kappa shape index (κ3) is 4.66. The summed E-state index contributed by atoms with van der Waals surface area (Å²) in [5, 5.41) is 13.7. The largest absolute Gasteiger partial charge is 0.486 e. The number of carbonyl (C=O) groups excluding carboxylic acids is 1. The van der Waals surface area contributed by atoms with Crippen LogP contribution in [0.3, 0.4) is 0 Å². The van der Waals surface area contributed by atoms with E-state index in [2.05, 4.69) is 5.32 Å². The van der Waals surface area contributed by atoms with Gasteiger partial charge in [-0.3, -0.25) is 14.9 Å². The van der Waals surface area contributed by atoms with Crippen LogP contribution in [-0.4, -0.2) is 30.7 Å². The van der Waals surface area contributed by atoms with Crippen LogP contribution in [0.2, 0.25) is 0 Å². The lowest BCUT2D eigenvalue weighted by Gasteiger charge is -2.22. The smallest absolute Gasteiger partial charge is 0.273 e. The van der Waals surface area contributed by atoms with E-state index in [0.717, 1.165) is 5.56 Å². The van der Waals surface area contributed by atoms with Crippen LogP contribution in [0.5, 0.6) is 17.2 Å². The molecule has 1 N–H and O–H groups in total. The van der Waals surface area contributed by atoms with E-state index in [-0.39, 0.29) is 30.0 Å². The second kappa shape index (κ2) is 8.39. The van der Waals surface area contributed by atoms with Crippen molar-refractivity contribution < 1.29 is 23.9 Å². The van der Waals surface area contributed by atoms with Gasteiger partial charge >= 0.3 is 0 Å². The molecule has 1 aliphatic heterocycles. The Hall–Kier alpha value is -3.29. The number of nitro groups is 1. The highest BCUT2D eigenvalue weighted by Gasteiger charge is 2.18. The SMILES string of the molecule is CCC(NC(=O)COc1cccc([N+](=O)[O-])c1)c1ccc2c(c1)OCCO2. The number of hydrogen-bond acceptors (Lipinski definition) is 6. The van der Waals surface area contributed by atoms with Crippen molar-refractivity contribution in [1.29, 1.82) is 0 Å². The monoisotopic (exact) mass is 372 g/mol. The average molecular weight is 372 g/mol. The van der Waals surface area contributed by atoms with Gasteiger partial charge < -0.3 is 19.5 Å². The number of nitrogens with zero attached hydrogens (tertiary/aromatic N) is 1. The van der Waals surface area contributed by atoms with Gasteiger partial charge in [0.05, 0.1) is 17.0 Å². The van der Waals surface area contributed by atoms with Gasteiger partial charge in [0, 0.05) is 6.07 Å². The van der Waals surface area contributed by atoms with Gasteiger partial charge in [0.15, 0.2) is 18.1 Å². The minimum atomic E-state index is -0.512. The maximum Gasteiger partial charge on any atom is 0.273 e. The Labute approximate surface area is 156 Å². The second-order valence-corrected chi connectivity index (χ2v) is 5.97. The third-order valence-corrected chi connectivity index (χ3v) is 4.11. The summed E-state index contributed by atoms with van der Waals surface area (Å²) in [5.74, 6) is 1.31. The number of carbonyl (C=O) groups is 1. The van der Waals surface area contributed by atoms with E-state index < -0.39 is 4.92 Å². The molecule has 27 heavy (non-hydrogen) atoms. The number of fused-ring (bicyclic) bond motifs is 1. The van der Waals surface area contributed by atoms with Crippen LogP contribution in [0.15, 0.2) is 42.5 Å². The Kier molecular flexibility index (Phi) is 5.75. The van der Waals surface area contributed by atoms with E-state index in [9.17, 15) is 14.9 Å². The fraction of sp³-hybridized carbons (Fsp3) is 0.316. The topological polar surface area (TPSA) is 99.9 Å². The highest BCUT2D eigenvalue weighted by Crippen LogP contribution is 2.33. The molecule has 8 heteroatoms. The van der Waals surface area contributed by atoms with Gasteiger partial charge in [-0.1, -0.05) is 19.1 Å². The first-order valence-electron chi connectivity index (χ1n) is 8.63. The number of hydrogen-bond donors (Lipinski definition) is 1. The summed E-state index contributed by atoms with van der Waals surface area (Å²) in [6, 6.07) is 11.1. The molecule has 0 radical (unpaired) electrons. The highest BCUT2D eigenvalue weighted by molar-refractivity contribution is 5.78. The van der Waals surface area contributed by atoms with Gasteiger partial charge in [0.2, 0.25) is 0 Å². The first-order chi connectivity index (χ1) is 13.1. The van der Waals surface area contributed by atoms with Gasteiger partial charge in [-0.25, -0.2) is 0 Å². The lowest BCUT2D eigenvalue weighted by atomic mass is 10.0. The van der Waals surface area contributed by atoms with E-state index in [1.807, 2.05) is 25.1 Å². The molecule has 0 fully saturated rings. The number of non-ortho nitro benzene ring substituents is 1. The number of nitro benzene ring substituents is 1. The fourth-order valence-corrected chi connectivity index (χ4v) is 2.77. The fourth-order valence-electron chi connectivity index (χ4n) is 2.77. The molecule has 0 spiro atoms. The molecule has 1 unspecified atom stereocenters. The molecule has 1 heterocycles. The van der Waals surface area contributed by atoms with Crippen molar-refractivity contribution in [3.05, 3.63) is 58.1 Å². The molecule has 8 nitrogen and oxygen atoms in total. The number of rotatable bonds is 7. The zero-order chi connectivity index (χ0) is 19.2. The molecule has 2 aromatic carbocycles. The average Bonchev–Trinajstić information content (AvgIpc) is 2.70. The van der Waals surface area contributed by atoms with Crippen molar-refractivity contribution >= 4 is 11.6 Å². The predicted octanol–water partition coefficient (Wildman–Crippen LogP) is 3.01. The zero-order valence-electron chi connectivity index (χ0n) is 14.8. The van der Waals surface area contributed by atoms with E-state index >= 15 is 0 Å². The Morgan fingerprint density at radius 1 is 1.22 bits per heavy atom. The van der Waals surface area contributed by atoms with Crippen molar-refractivity contribution in [1.82, 2.24) is 5.32 Å². The Bertz CT molecular complexity index is 839. The Morgan fingerprint density at radius 2 is 2.00 bits per heavy atom. The van der Waals surface area contributed by atoms with Crippen molar-refractivity contribution in [3.63, 3.8) is 0 Å². The Morgan fingerprint density at radius 3 is 2.74 bits per heavy atom. The number of ether oxygens (including phenoxy) is 3. The lowest BCUT2D eigenvalue weighted by Crippen LogP contribution is -2.32. The number of amides is 1. The van der Waals surface area contributed by atoms with E-state index in [0.29, 0.717) is 31.1 Å². The molecule has 2 aromatic rings. The quantitative estimate of drug-likeness (QED) is 0.592. The second-order valence-electron chi connectivity index (χ2n) is 5.97. The van der Waals surface area contributed by atoms with Gasteiger partial charge in [-0.05, 0) is 30.2 Å².